The molecule has 2 unspecified atom stereocenters. The van der Waals surface area contributed by atoms with Crippen LogP contribution in [0.25, 0.3) is 10.8 Å². The van der Waals surface area contributed by atoms with Crippen LogP contribution in [0.3, 0.4) is 0 Å². The lowest BCUT2D eigenvalue weighted by molar-refractivity contribution is -0.121. The lowest BCUT2D eigenvalue weighted by Gasteiger charge is -2.21. The fourth-order valence-electron chi connectivity index (χ4n) is 2.27. The Kier molecular flexibility index (Phi) is 4.22. The van der Waals surface area contributed by atoms with Crippen LogP contribution in [0, 0.1) is 0 Å². The number of aliphatic hydroxyl groups excluding tert-OH is 2. The minimum absolute atomic E-state index is 0.312. The van der Waals surface area contributed by atoms with Crippen molar-refractivity contribution in [3.05, 3.63) is 42.0 Å². The number of carbonyl (C=O) groups excluding carboxylic acids is 1. The van der Waals surface area contributed by atoms with Crippen molar-refractivity contribution in [3.8, 4) is 5.75 Å². The van der Waals surface area contributed by atoms with E-state index in [9.17, 15) is 15.0 Å². The van der Waals surface area contributed by atoms with Gasteiger partial charge in [-0.05, 0) is 16.8 Å². The second kappa shape index (κ2) is 5.90. The van der Waals surface area contributed by atoms with Gasteiger partial charge in [0.2, 0.25) is 5.91 Å². The molecular weight excluding hydrogens is 258 g/mol. The van der Waals surface area contributed by atoms with Crippen LogP contribution in [0.4, 0.5) is 0 Å². The third-order valence-corrected chi connectivity index (χ3v) is 3.22. The summed E-state index contributed by atoms with van der Waals surface area (Å²) in [6.07, 6.45) is -2.83. The summed E-state index contributed by atoms with van der Waals surface area (Å²) in [5.74, 6) is -0.213. The standard InChI is InChI=1S/C15H17NO4/c1-20-12-7-6-9-4-2-3-5-10(9)14(12)15(19)11(17)8-13(16)18/h2-7,11,15,17,19H,8H2,1H3,(H2,16,18). The summed E-state index contributed by atoms with van der Waals surface area (Å²) in [4.78, 5) is 10.9. The number of primary amides is 1. The van der Waals surface area contributed by atoms with Crippen molar-refractivity contribution < 1.29 is 19.7 Å². The number of amides is 1. The highest BCUT2D eigenvalue weighted by Gasteiger charge is 2.25. The van der Waals surface area contributed by atoms with Gasteiger partial charge in [0.1, 0.15) is 11.9 Å². The van der Waals surface area contributed by atoms with Crippen molar-refractivity contribution in [1.82, 2.24) is 0 Å². The second-order valence-corrected chi connectivity index (χ2v) is 4.59. The number of nitrogens with two attached hydrogens (primary N) is 1. The van der Waals surface area contributed by atoms with Crippen molar-refractivity contribution in [2.75, 3.05) is 7.11 Å². The SMILES string of the molecule is COc1ccc2ccccc2c1C(O)C(O)CC(N)=O. The van der Waals surface area contributed by atoms with Crippen LogP contribution < -0.4 is 10.5 Å². The van der Waals surface area contributed by atoms with Crippen molar-refractivity contribution in [1.29, 1.82) is 0 Å². The van der Waals surface area contributed by atoms with E-state index in [1.54, 1.807) is 6.07 Å². The highest BCUT2D eigenvalue weighted by Crippen LogP contribution is 2.35. The number of hydrogen-bond acceptors (Lipinski definition) is 4. The van der Waals surface area contributed by atoms with Gasteiger partial charge in [-0.2, -0.15) is 0 Å². The first-order chi connectivity index (χ1) is 9.54. The summed E-state index contributed by atoms with van der Waals surface area (Å²) < 4.78 is 5.24. The molecule has 2 rings (SSSR count). The quantitative estimate of drug-likeness (QED) is 0.762. The molecule has 0 aliphatic heterocycles. The highest BCUT2D eigenvalue weighted by atomic mass is 16.5. The summed E-state index contributed by atoms with van der Waals surface area (Å²) in [5, 5.41) is 21.9. The first kappa shape index (κ1) is 14.3. The Morgan fingerprint density at radius 1 is 1.25 bits per heavy atom. The average molecular weight is 275 g/mol. The lowest BCUT2D eigenvalue weighted by atomic mass is 9.95. The van der Waals surface area contributed by atoms with Gasteiger partial charge in [-0.1, -0.05) is 30.3 Å². The molecule has 0 saturated heterocycles. The molecular formula is C15H17NO4. The minimum atomic E-state index is -1.27. The van der Waals surface area contributed by atoms with Gasteiger partial charge < -0.3 is 20.7 Å². The van der Waals surface area contributed by atoms with Gasteiger partial charge in [0.15, 0.2) is 0 Å². The van der Waals surface area contributed by atoms with Gasteiger partial charge >= 0.3 is 0 Å². The highest BCUT2D eigenvalue weighted by molar-refractivity contribution is 5.88. The molecule has 0 heterocycles. The Morgan fingerprint density at radius 3 is 2.60 bits per heavy atom. The number of rotatable bonds is 5. The van der Waals surface area contributed by atoms with E-state index in [1.165, 1.54) is 7.11 Å². The molecule has 2 atom stereocenters. The maximum Gasteiger partial charge on any atom is 0.220 e. The lowest BCUT2D eigenvalue weighted by Crippen LogP contribution is -2.26. The predicted octanol–water partition coefficient (Wildman–Crippen LogP) is 1.12. The molecule has 0 aliphatic carbocycles. The smallest absolute Gasteiger partial charge is 0.220 e. The third kappa shape index (κ3) is 2.74. The van der Waals surface area contributed by atoms with Crippen LogP contribution in [-0.2, 0) is 4.79 Å². The normalized spacial score (nSPS) is 13.9. The largest absolute Gasteiger partial charge is 0.496 e. The molecule has 0 fully saturated rings. The molecule has 4 N–H and O–H groups in total. The van der Waals surface area contributed by atoms with E-state index < -0.39 is 18.1 Å². The monoisotopic (exact) mass is 275 g/mol. The number of hydrogen-bond donors (Lipinski definition) is 3. The maximum absolute atomic E-state index is 10.9. The van der Waals surface area contributed by atoms with Crippen molar-refractivity contribution in [2.45, 2.75) is 18.6 Å². The molecule has 0 aromatic heterocycles. The van der Waals surface area contributed by atoms with Gasteiger partial charge in [-0.3, -0.25) is 4.79 Å². The Bertz CT molecular complexity index is 626. The third-order valence-electron chi connectivity index (χ3n) is 3.22. The number of ether oxygens (including phenoxy) is 1. The molecule has 0 spiro atoms. The Morgan fingerprint density at radius 2 is 1.95 bits per heavy atom. The number of benzene rings is 2. The van der Waals surface area contributed by atoms with E-state index in [1.807, 2.05) is 30.3 Å². The van der Waals surface area contributed by atoms with E-state index in [4.69, 9.17) is 10.5 Å². The van der Waals surface area contributed by atoms with Crippen LogP contribution in [0.15, 0.2) is 36.4 Å². The fraction of sp³-hybridized carbons (Fsp3) is 0.267. The summed E-state index contributed by atoms with van der Waals surface area (Å²) in [6, 6.07) is 11.0. The van der Waals surface area contributed by atoms with Gasteiger partial charge in [0, 0.05) is 5.56 Å². The minimum Gasteiger partial charge on any atom is -0.496 e. The summed E-state index contributed by atoms with van der Waals surface area (Å²) in [7, 11) is 1.49. The zero-order chi connectivity index (χ0) is 14.7. The topological polar surface area (TPSA) is 92.8 Å². The van der Waals surface area contributed by atoms with E-state index in [0.29, 0.717) is 11.3 Å². The molecule has 0 aliphatic rings. The summed E-state index contributed by atoms with van der Waals surface area (Å²) in [5.41, 5.74) is 5.51. The van der Waals surface area contributed by atoms with Crippen LogP contribution in [0.5, 0.6) is 5.75 Å². The van der Waals surface area contributed by atoms with Crippen LogP contribution in [-0.4, -0.2) is 29.3 Å². The average Bonchev–Trinajstić information content (AvgIpc) is 2.44. The van der Waals surface area contributed by atoms with Crippen molar-refractivity contribution >= 4 is 16.7 Å². The van der Waals surface area contributed by atoms with E-state index >= 15 is 0 Å². The molecule has 0 saturated carbocycles. The van der Waals surface area contributed by atoms with Crippen molar-refractivity contribution in [3.63, 3.8) is 0 Å². The van der Waals surface area contributed by atoms with E-state index in [0.717, 1.165) is 10.8 Å². The number of aliphatic hydroxyl groups is 2. The molecule has 20 heavy (non-hydrogen) atoms. The second-order valence-electron chi connectivity index (χ2n) is 4.59. The fourth-order valence-corrected chi connectivity index (χ4v) is 2.27. The summed E-state index contributed by atoms with van der Waals surface area (Å²) >= 11 is 0. The molecule has 1 amide bonds. The Balaban J connectivity index is 2.52. The maximum atomic E-state index is 10.9. The van der Waals surface area contributed by atoms with Gasteiger partial charge in [-0.25, -0.2) is 0 Å². The molecule has 5 heteroatoms. The van der Waals surface area contributed by atoms with Crippen LogP contribution >= 0.6 is 0 Å². The zero-order valence-corrected chi connectivity index (χ0v) is 11.1. The first-order valence-corrected chi connectivity index (χ1v) is 6.24. The first-order valence-electron chi connectivity index (χ1n) is 6.24. The summed E-state index contributed by atoms with van der Waals surface area (Å²) in [6.45, 7) is 0. The number of methoxy groups -OCH3 is 1. The van der Waals surface area contributed by atoms with Crippen LogP contribution in [0.2, 0.25) is 0 Å². The Hall–Kier alpha value is -2.11. The number of fused-ring (bicyclic) bond motifs is 1. The molecule has 0 radical (unpaired) electrons. The van der Waals surface area contributed by atoms with Gasteiger partial charge in [-0.15, -0.1) is 0 Å². The molecule has 106 valence electrons. The molecule has 2 aromatic carbocycles. The predicted molar refractivity (Wildman–Crippen MR) is 75.3 cm³/mol. The van der Waals surface area contributed by atoms with Crippen molar-refractivity contribution in [2.24, 2.45) is 5.73 Å². The van der Waals surface area contributed by atoms with Crippen LogP contribution in [0.1, 0.15) is 18.1 Å². The van der Waals surface area contributed by atoms with Gasteiger partial charge in [0.25, 0.3) is 0 Å². The van der Waals surface area contributed by atoms with Gasteiger partial charge in [0.05, 0.1) is 19.6 Å². The number of carbonyl (C=O) groups is 1. The molecule has 2 aromatic rings. The van der Waals surface area contributed by atoms with E-state index in [-0.39, 0.29) is 6.42 Å². The zero-order valence-electron chi connectivity index (χ0n) is 11.1. The van der Waals surface area contributed by atoms with E-state index in [2.05, 4.69) is 0 Å². The Labute approximate surface area is 116 Å². The molecule has 5 nitrogen and oxygen atoms in total. The molecule has 0 bridgehead atoms.